The van der Waals surface area contributed by atoms with Crippen LogP contribution in [0.15, 0.2) is 48.5 Å². The third-order valence-electron chi connectivity index (χ3n) is 4.75. The normalized spacial score (nSPS) is 11.7. The molecule has 0 spiro atoms. The fraction of sp³-hybridized carbons (Fsp3) is 0.417. The second-order valence-electron chi connectivity index (χ2n) is 7.76. The molecule has 6 nitrogen and oxygen atoms in total. The van der Waals surface area contributed by atoms with Gasteiger partial charge in [0.25, 0.3) is 5.91 Å². The largest absolute Gasteiger partial charge is 0.493 e. The van der Waals surface area contributed by atoms with Crippen molar-refractivity contribution in [1.29, 1.82) is 0 Å². The van der Waals surface area contributed by atoms with E-state index in [-0.39, 0.29) is 18.4 Å². The lowest BCUT2D eigenvalue weighted by Crippen LogP contribution is -2.49. The summed E-state index contributed by atoms with van der Waals surface area (Å²) in [5, 5.41) is 2.91. The first kappa shape index (κ1) is 23.3. The summed E-state index contributed by atoms with van der Waals surface area (Å²) in [7, 11) is 1.55. The standard InChI is InChI=1S/C24H32N2O4/c1-17(2)14-25-24(28)19(4)26(15-20-12-10-18(3)11-13-20)23(27)16-30-22-9-7-6-8-21(22)29-5/h6-13,17,19H,14-16H2,1-5H3,(H,25,28)/t19-/m1/s1. The van der Waals surface area contributed by atoms with E-state index in [0.717, 1.165) is 11.1 Å². The fourth-order valence-electron chi connectivity index (χ4n) is 2.89. The van der Waals surface area contributed by atoms with E-state index in [1.165, 1.54) is 0 Å². The molecule has 0 bridgehead atoms. The SMILES string of the molecule is COc1ccccc1OCC(=O)N(Cc1ccc(C)cc1)[C@H](C)C(=O)NCC(C)C. The van der Waals surface area contributed by atoms with Crippen molar-refractivity contribution in [3.63, 3.8) is 0 Å². The van der Waals surface area contributed by atoms with Crippen LogP contribution in [0.3, 0.4) is 0 Å². The van der Waals surface area contributed by atoms with Crippen LogP contribution in [-0.2, 0) is 16.1 Å². The van der Waals surface area contributed by atoms with E-state index < -0.39 is 6.04 Å². The van der Waals surface area contributed by atoms with E-state index in [0.29, 0.717) is 30.5 Å². The highest BCUT2D eigenvalue weighted by Gasteiger charge is 2.26. The van der Waals surface area contributed by atoms with Gasteiger partial charge in [0.05, 0.1) is 7.11 Å². The predicted octanol–water partition coefficient (Wildman–Crippen LogP) is 3.57. The van der Waals surface area contributed by atoms with Gasteiger partial charge in [-0.05, 0) is 37.5 Å². The van der Waals surface area contributed by atoms with Crippen molar-refractivity contribution in [2.75, 3.05) is 20.3 Å². The van der Waals surface area contributed by atoms with Crippen LogP contribution in [0.25, 0.3) is 0 Å². The monoisotopic (exact) mass is 412 g/mol. The molecule has 0 unspecified atom stereocenters. The number of methoxy groups -OCH3 is 1. The van der Waals surface area contributed by atoms with Crippen molar-refractivity contribution >= 4 is 11.8 Å². The second-order valence-corrected chi connectivity index (χ2v) is 7.76. The lowest BCUT2D eigenvalue weighted by atomic mass is 10.1. The van der Waals surface area contributed by atoms with Crippen LogP contribution < -0.4 is 14.8 Å². The van der Waals surface area contributed by atoms with E-state index in [1.54, 1.807) is 31.1 Å². The van der Waals surface area contributed by atoms with E-state index in [4.69, 9.17) is 9.47 Å². The summed E-state index contributed by atoms with van der Waals surface area (Å²) in [6.45, 7) is 8.51. The van der Waals surface area contributed by atoms with E-state index in [2.05, 4.69) is 5.32 Å². The zero-order valence-electron chi connectivity index (χ0n) is 18.5. The van der Waals surface area contributed by atoms with Crippen molar-refractivity contribution in [3.8, 4) is 11.5 Å². The summed E-state index contributed by atoms with van der Waals surface area (Å²) in [5.74, 6) is 0.921. The van der Waals surface area contributed by atoms with E-state index in [1.807, 2.05) is 57.2 Å². The topological polar surface area (TPSA) is 67.9 Å². The van der Waals surface area contributed by atoms with Crippen molar-refractivity contribution in [2.45, 2.75) is 40.3 Å². The van der Waals surface area contributed by atoms with Crippen LogP contribution in [0.4, 0.5) is 0 Å². The van der Waals surface area contributed by atoms with Gasteiger partial charge < -0.3 is 19.7 Å². The molecular weight excluding hydrogens is 380 g/mol. The summed E-state index contributed by atoms with van der Waals surface area (Å²) in [6, 6.07) is 14.5. The number of carbonyl (C=O) groups excluding carboxylic acids is 2. The number of nitrogens with zero attached hydrogens (tertiary/aromatic N) is 1. The lowest BCUT2D eigenvalue weighted by Gasteiger charge is -2.29. The van der Waals surface area contributed by atoms with Gasteiger partial charge in [0.15, 0.2) is 18.1 Å². The van der Waals surface area contributed by atoms with Crippen molar-refractivity contribution < 1.29 is 19.1 Å². The maximum absolute atomic E-state index is 13.1. The van der Waals surface area contributed by atoms with Gasteiger partial charge in [0.1, 0.15) is 6.04 Å². The van der Waals surface area contributed by atoms with Gasteiger partial charge in [-0.15, -0.1) is 0 Å². The number of carbonyl (C=O) groups is 2. The number of amides is 2. The molecule has 0 aliphatic heterocycles. The summed E-state index contributed by atoms with van der Waals surface area (Å²) < 4.78 is 11.0. The van der Waals surface area contributed by atoms with Crippen molar-refractivity contribution in [3.05, 3.63) is 59.7 Å². The number of aryl methyl sites for hydroxylation is 1. The van der Waals surface area contributed by atoms with Gasteiger partial charge in [0, 0.05) is 13.1 Å². The molecule has 0 aliphatic carbocycles. The van der Waals surface area contributed by atoms with Crippen LogP contribution in [0.5, 0.6) is 11.5 Å². The van der Waals surface area contributed by atoms with Crippen LogP contribution >= 0.6 is 0 Å². The fourth-order valence-corrected chi connectivity index (χ4v) is 2.89. The maximum Gasteiger partial charge on any atom is 0.261 e. The summed E-state index contributed by atoms with van der Waals surface area (Å²) >= 11 is 0. The Labute approximate surface area is 179 Å². The molecule has 6 heteroatoms. The van der Waals surface area contributed by atoms with Crippen molar-refractivity contribution in [2.24, 2.45) is 5.92 Å². The van der Waals surface area contributed by atoms with Gasteiger partial charge in [-0.3, -0.25) is 9.59 Å². The molecule has 162 valence electrons. The van der Waals surface area contributed by atoms with Crippen LogP contribution in [-0.4, -0.2) is 43.0 Å². The highest BCUT2D eigenvalue weighted by atomic mass is 16.5. The Bertz CT molecular complexity index is 833. The Hall–Kier alpha value is -3.02. The van der Waals surface area contributed by atoms with E-state index in [9.17, 15) is 9.59 Å². The molecular formula is C24H32N2O4. The average molecular weight is 413 g/mol. The number of benzene rings is 2. The summed E-state index contributed by atoms with van der Waals surface area (Å²) in [4.78, 5) is 27.2. The molecule has 0 heterocycles. The van der Waals surface area contributed by atoms with Crippen molar-refractivity contribution in [1.82, 2.24) is 10.2 Å². The third kappa shape index (κ3) is 6.79. The van der Waals surface area contributed by atoms with Gasteiger partial charge >= 0.3 is 0 Å². The second kappa shape index (κ2) is 11.2. The molecule has 2 aromatic rings. The van der Waals surface area contributed by atoms with Gasteiger partial charge in [-0.1, -0.05) is 55.8 Å². The first-order valence-electron chi connectivity index (χ1n) is 10.2. The lowest BCUT2D eigenvalue weighted by molar-refractivity contribution is -0.142. The Balaban J connectivity index is 2.15. The molecule has 1 atom stereocenters. The number of ether oxygens (including phenoxy) is 2. The number of nitrogens with one attached hydrogen (secondary N) is 1. The highest BCUT2D eigenvalue weighted by molar-refractivity contribution is 5.88. The highest BCUT2D eigenvalue weighted by Crippen LogP contribution is 2.25. The first-order chi connectivity index (χ1) is 14.3. The van der Waals surface area contributed by atoms with Crippen LogP contribution in [0.1, 0.15) is 31.9 Å². The molecule has 0 aliphatic rings. The molecule has 2 rings (SSSR count). The molecule has 2 aromatic carbocycles. The minimum Gasteiger partial charge on any atom is -0.493 e. The molecule has 2 amide bonds. The smallest absolute Gasteiger partial charge is 0.261 e. The predicted molar refractivity (Wildman–Crippen MR) is 118 cm³/mol. The maximum atomic E-state index is 13.1. The Morgan fingerprint density at radius 1 is 1.00 bits per heavy atom. The van der Waals surface area contributed by atoms with Gasteiger partial charge in [-0.25, -0.2) is 0 Å². The van der Waals surface area contributed by atoms with Gasteiger partial charge in [-0.2, -0.15) is 0 Å². The average Bonchev–Trinajstić information content (AvgIpc) is 2.75. The quantitative estimate of drug-likeness (QED) is 0.648. The summed E-state index contributed by atoms with van der Waals surface area (Å²) in [6.07, 6.45) is 0. The molecule has 0 fully saturated rings. The molecule has 0 aromatic heterocycles. The third-order valence-corrected chi connectivity index (χ3v) is 4.75. The number of hydrogen-bond donors (Lipinski definition) is 1. The Morgan fingerprint density at radius 3 is 2.23 bits per heavy atom. The molecule has 30 heavy (non-hydrogen) atoms. The number of rotatable bonds is 10. The number of para-hydroxylation sites is 2. The van der Waals surface area contributed by atoms with Crippen LogP contribution in [0, 0.1) is 12.8 Å². The number of hydrogen-bond acceptors (Lipinski definition) is 4. The van der Waals surface area contributed by atoms with Gasteiger partial charge in [0.2, 0.25) is 5.91 Å². The Kier molecular flexibility index (Phi) is 8.71. The molecule has 0 saturated carbocycles. The minimum atomic E-state index is -0.626. The molecule has 1 N–H and O–H groups in total. The summed E-state index contributed by atoms with van der Waals surface area (Å²) in [5.41, 5.74) is 2.09. The molecule has 0 saturated heterocycles. The first-order valence-corrected chi connectivity index (χ1v) is 10.2. The zero-order valence-corrected chi connectivity index (χ0v) is 18.5. The van der Waals surface area contributed by atoms with E-state index >= 15 is 0 Å². The molecule has 0 radical (unpaired) electrons. The zero-order chi connectivity index (χ0) is 22.1. The minimum absolute atomic E-state index is 0.179. The Morgan fingerprint density at radius 2 is 1.63 bits per heavy atom. The van der Waals surface area contributed by atoms with Crippen LogP contribution in [0.2, 0.25) is 0 Å².